The Labute approximate surface area is 153 Å². The highest BCUT2D eigenvalue weighted by molar-refractivity contribution is 5.95. The number of carbonyl (C=O) groups is 1. The predicted octanol–water partition coefficient (Wildman–Crippen LogP) is 2.74. The van der Waals surface area contributed by atoms with Crippen molar-refractivity contribution in [2.75, 3.05) is 32.2 Å². The maximum Gasteiger partial charge on any atom is 0.416 e. The van der Waals surface area contributed by atoms with E-state index in [1.54, 1.807) is 23.1 Å². The summed E-state index contributed by atoms with van der Waals surface area (Å²) in [4.78, 5) is 18.1. The minimum Gasteiger partial charge on any atom is -0.497 e. The molecule has 1 amide bonds. The van der Waals surface area contributed by atoms with Crippen LogP contribution in [0.4, 0.5) is 19.0 Å². The van der Waals surface area contributed by atoms with Crippen LogP contribution in [0, 0.1) is 0 Å². The lowest BCUT2D eigenvalue weighted by molar-refractivity contribution is -0.137. The van der Waals surface area contributed by atoms with E-state index in [1.807, 2.05) is 0 Å². The zero-order valence-corrected chi connectivity index (χ0v) is 14.7. The number of pyridine rings is 1. The summed E-state index contributed by atoms with van der Waals surface area (Å²) in [6.07, 6.45) is -3.28. The molecule has 1 saturated heterocycles. The van der Waals surface area contributed by atoms with Gasteiger partial charge in [-0.3, -0.25) is 4.79 Å². The summed E-state index contributed by atoms with van der Waals surface area (Å²) in [5, 5.41) is 2.84. The van der Waals surface area contributed by atoms with Gasteiger partial charge >= 0.3 is 6.18 Å². The summed E-state index contributed by atoms with van der Waals surface area (Å²) < 4.78 is 48.6. The molecule has 0 saturated carbocycles. The van der Waals surface area contributed by atoms with Crippen LogP contribution in [0.2, 0.25) is 0 Å². The summed E-state index contributed by atoms with van der Waals surface area (Å²) in [5.41, 5.74) is -0.370. The quantitative estimate of drug-likeness (QED) is 0.863. The number of halogens is 3. The van der Waals surface area contributed by atoms with Gasteiger partial charge < -0.3 is 19.7 Å². The first kappa shape index (κ1) is 18.8. The zero-order chi connectivity index (χ0) is 19.6. The fourth-order valence-corrected chi connectivity index (χ4v) is 2.73. The molecule has 27 heavy (non-hydrogen) atoms. The molecular weight excluding hydrogens is 363 g/mol. The van der Waals surface area contributed by atoms with Gasteiger partial charge in [0.25, 0.3) is 5.91 Å². The second kappa shape index (κ2) is 7.34. The molecule has 1 fully saturated rings. The Morgan fingerprint density at radius 1 is 1.15 bits per heavy atom. The van der Waals surface area contributed by atoms with Crippen molar-refractivity contribution in [1.29, 1.82) is 0 Å². The van der Waals surface area contributed by atoms with Gasteiger partial charge in [-0.25, -0.2) is 4.98 Å². The van der Waals surface area contributed by atoms with Gasteiger partial charge in [0, 0.05) is 30.9 Å². The molecule has 1 aliphatic heterocycles. The fourth-order valence-electron chi connectivity index (χ4n) is 2.73. The van der Waals surface area contributed by atoms with Crippen molar-refractivity contribution in [1.82, 2.24) is 10.3 Å². The Bertz CT molecular complexity index is 814. The molecule has 6 nitrogen and oxygen atoms in total. The zero-order valence-electron chi connectivity index (χ0n) is 14.7. The normalized spacial score (nSPS) is 14.5. The number of alkyl halides is 3. The summed E-state index contributed by atoms with van der Waals surface area (Å²) in [6, 6.07) is 6.57. The monoisotopic (exact) mass is 381 g/mol. The second-order valence-corrected chi connectivity index (χ2v) is 6.08. The van der Waals surface area contributed by atoms with Crippen LogP contribution in [-0.2, 0) is 6.18 Å². The van der Waals surface area contributed by atoms with Gasteiger partial charge in [0.05, 0.1) is 25.8 Å². The van der Waals surface area contributed by atoms with E-state index in [0.717, 1.165) is 18.3 Å². The lowest BCUT2D eigenvalue weighted by Crippen LogP contribution is -2.59. The van der Waals surface area contributed by atoms with Crippen molar-refractivity contribution < 1.29 is 27.4 Å². The van der Waals surface area contributed by atoms with Crippen molar-refractivity contribution in [3.05, 3.63) is 47.7 Å². The molecule has 144 valence electrons. The summed E-state index contributed by atoms with van der Waals surface area (Å²) in [5.74, 6) is 0.901. The number of rotatable bonds is 5. The van der Waals surface area contributed by atoms with Crippen LogP contribution in [0.1, 0.15) is 15.9 Å². The molecule has 3 rings (SSSR count). The third-order valence-corrected chi connectivity index (χ3v) is 4.23. The van der Waals surface area contributed by atoms with Gasteiger partial charge in [0.15, 0.2) is 0 Å². The lowest BCUT2D eigenvalue weighted by atomic mass is 10.1. The number of carbonyl (C=O) groups excluding carboxylic acids is 1. The van der Waals surface area contributed by atoms with Crippen molar-refractivity contribution in [3.8, 4) is 11.5 Å². The Hall–Kier alpha value is -2.97. The summed E-state index contributed by atoms with van der Waals surface area (Å²) in [6.45, 7) is 0.752. The fraction of sp³-hybridized carbons (Fsp3) is 0.333. The molecule has 0 bridgehead atoms. The Balaban J connectivity index is 1.62. The molecule has 0 aliphatic carbocycles. The number of aromatic nitrogens is 1. The van der Waals surface area contributed by atoms with E-state index in [0.29, 0.717) is 30.2 Å². The average Bonchev–Trinajstić information content (AvgIpc) is 2.63. The van der Waals surface area contributed by atoms with Crippen LogP contribution in [0.3, 0.4) is 0 Å². The first-order chi connectivity index (χ1) is 12.8. The first-order valence-corrected chi connectivity index (χ1v) is 8.12. The molecule has 1 aromatic heterocycles. The molecule has 9 heteroatoms. The van der Waals surface area contributed by atoms with Crippen molar-refractivity contribution >= 4 is 11.7 Å². The number of methoxy groups -OCH3 is 2. The number of hydrogen-bond acceptors (Lipinski definition) is 5. The Morgan fingerprint density at radius 2 is 1.78 bits per heavy atom. The van der Waals surface area contributed by atoms with E-state index >= 15 is 0 Å². The van der Waals surface area contributed by atoms with E-state index in [9.17, 15) is 18.0 Å². The summed E-state index contributed by atoms with van der Waals surface area (Å²) in [7, 11) is 2.98. The molecule has 0 spiro atoms. The molecule has 2 aromatic rings. The predicted molar refractivity (Wildman–Crippen MR) is 92.3 cm³/mol. The molecule has 1 N–H and O–H groups in total. The highest BCUT2D eigenvalue weighted by atomic mass is 19.4. The number of hydrogen-bond donors (Lipinski definition) is 1. The topological polar surface area (TPSA) is 63.7 Å². The largest absolute Gasteiger partial charge is 0.497 e. The standard InChI is InChI=1S/C18H18F3N3O3/c1-26-14-5-11(6-15(8-14)27-2)17(25)23-13-9-24(10-13)16-7-12(3-4-22-16)18(19,20)21/h3-8,13H,9-10H2,1-2H3,(H,23,25). The number of ether oxygens (including phenoxy) is 2. The van der Waals surface area contributed by atoms with Crippen LogP contribution >= 0.6 is 0 Å². The number of anilines is 1. The minimum atomic E-state index is -4.42. The Kier molecular flexibility index (Phi) is 5.11. The van der Waals surface area contributed by atoms with Crippen LogP contribution in [0.25, 0.3) is 0 Å². The lowest BCUT2D eigenvalue weighted by Gasteiger charge is -2.40. The van der Waals surface area contributed by atoms with Crippen LogP contribution < -0.4 is 19.7 Å². The van der Waals surface area contributed by atoms with Gasteiger partial charge in [-0.15, -0.1) is 0 Å². The van der Waals surface area contributed by atoms with Gasteiger partial charge in [-0.2, -0.15) is 13.2 Å². The van der Waals surface area contributed by atoms with Crippen molar-refractivity contribution in [2.24, 2.45) is 0 Å². The van der Waals surface area contributed by atoms with Crippen molar-refractivity contribution in [2.45, 2.75) is 12.2 Å². The number of amides is 1. The Morgan fingerprint density at radius 3 is 2.33 bits per heavy atom. The maximum atomic E-state index is 12.8. The molecule has 0 atom stereocenters. The molecular formula is C18H18F3N3O3. The van der Waals surface area contributed by atoms with Gasteiger partial charge in [0.2, 0.25) is 0 Å². The van der Waals surface area contributed by atoms with E-state index in [4.69, 9.17) is 9.47 Å². The number of nitrogens with zero attached hydrogens (tertiary/aromatic N) is 2. The maximum absolute atomic E-state index is 12.8. The smallest absolute Gasteiger partial charge is 0.416 e. The van der Waals surface area contributed by atoms with Crippen LogP contribution in [-0.4, -0.2) is 44.2 Å². The molecule has 0 unspecified atom stereocenters. The minimum absolute atomic E-state index is 0.189. The molecule has 1 aliphatic rings. The van der Waals surface area contributed by atoms with Gasteiger partial charge in [-0.05, 0) is 24.3 Å². The van der Waals surface area contributed by atoms with Gasteiger partial charge in [0.1, 0.15) is 17.3 Å². The highest BCUT2D eigenvalue weighted by Gasteiger charge is 2.34. The summed E-state index contributed by atoms with van der Waals surface area (Å²) >= 11 is 0. The third kappa shape index (κ3) is 4.24. The van der Waals surface area contributed by atoms with E-state index in [2.05, 4.69) is 10.3 Å². The molecule has 0 radical (unpaired) electrons. The van der Waals surface area contributed by atoms with E-state index < -0.39 is 11.7 Å². The molecule has 1 aromatic carbocycles. The average molecular weight is 381 g/mol. The highest BCUT2D eigenvalue weighted by Crippen LogP contribution is 2.31. The van der Waals surface area contributed by atoms with E-state index in [-0.39, 0.29) is 17.8 Å². The van der Waals surface area contributed by atoms with Crippen molar-refractivity contribution in [3.63, 3.8) is 0 Å². The number of benzene rings is 1. The van der Waals surface area contributed by atoms with Crippen LogP contribution in [0.5, 0.6) is 11.5 Å². The van der Waals surface area contributed by atoms with Gasteiger partial charge in [-0.1, -0.05) is 0 Å². The SMILES string of the molecule is COc1cc(OC)cc(C(=O)NC2CN(c3cc(C(F)(F)F)ccn3)C2)c1. The van der Waals surface area contributed by atoms with Crippen LogP contribution in [0.15, 0.2) is 36.5 Å². The first-order valence-electron chi connectivity index (χ1n) is 8.12. The van der Waals surface area contributed by atoms with E-state index in [1.165, 1.54) is 14.2 Å². The molecule has 2 heterocycles. The second-order valence-electron chi connectivity index (χ2n) is 6.08. The third-order valence-electron chi connectivity index (χ3n) is 4.23. The number of nitrogens with one attached hydrogen (secondary N) is 1.